The normalized spacial score (nSPS) is 21.1. The van der Waals surface area contributed by atoms with Crippen LogP contribution >= 0.6 is 0 Å². The van der Waals surface area contributed by atoms with Gasteiger partial charge in [-0.2, -0.15) is 4.72 Å². The quantitative estimate of drug-likeness (QED) is 0.853. The van der Waals surface area contributed by atoms with Gasteiger partial charge >= 0.3 is 0 Å². The molecule has 1 aliphatic heterocycles. The topological polar surface area (TPSA) is 84.5 Å². The molecule has 0 saturated carbocycles. The van der Waals surface area contributed by atoms with Gasteiger partial charge in [-0.15, -0.1) is 0 Å². The zero-order valence-electron chi connectivity index (χ0n) is 11.9. The highest BCUT2D eigenvalue weighted by Crippen LogP contribution is 2.27. The highest BCUT2D eigenvalue weighted by molar-refractivity contribution is 7.89. The fourth-order valence-corrected chi connectivity index (χ4v) is 3.50. The fraction of sp³-hybridized carbons (Fsp3) is 0.462. The molecule has 1 fully saturated rings. The summed E-state index contributed by atoms with van der Waals surface area (Å²) in [5.41, 5.74) is -0.560. The summed E-state index contributed by atoms with van der Waals surface area (Å²) >= 11 is 0. The van der Waals surface area contributed by atoms with Crippen molar-refractivity contribution in [2.24, 2.45) is 5.41 Å². The molecule has 0 aromatic heterocycles. The van der Waals surface area contributed by atoms with Crippen LogP contribution in [0, 0.1) is 11.2 Å². The second-order valence-electron chi connectivity index (χ2n) is 5.56. The van der Waals surface area contributed by atoms with E-state index in [4.69, 9.17) is 4.74 Å². The van der Waals surface area contributed by atoms with Crippen LogP contribution in [0.25, 0.3) is 0 Å². The van der Waals surface area contributed by atoms with E-state index in [1.54, 1.807) is 13.8 Å². The first-order valence-electron chi connectivity index (χ1n) is 6.31. The zero-order valence-corrected chi connectivity index (χ0v) is 12.8. The number of methoxy groups -OCH3 is 1. The van der Waals surface area contributed by atoms with E-state index in [0.717, 1.165) is 6.07 Å². The number of sulfonamides is 1. The second-order valence-corrected chi connectivity index (χ2v) is 7.27. The Morgan fingerprint density at radius 1 is 1.43 bits per heavy atom. The van der Waals surface area contributed by atoms with Crippen LogP contribution in [0.15, 0.2) is 23.1 Å². The van der Waals surface area contributed by atoms with Crippen LogP contribution in [0.3, 0.4) is 0 Å². The molecule has 1 heterocycles. The molecular formula is C13H17FN2O4S. The average Bonchev–Trinajstić information content (AvgIpc) is 2.65. The monoisotopic (exact) mass is 316 g/mol. The van der Waals surface area contributed by atoms with E-state index in [-0.39, 0.29) is 10.6 Å². The molecule has 1 aromatic rings. The summed E-state index contributed by atoms with van der Waals surface area (Å²) in [4.78, 5) is 11.5. The van der Waals surface area contributed by atoms with Gasteiger partial charge in [-0.1, -0.05) is 13.8 Å². The molecule has 116 valence electrons. The Morgan fingerprint density at radius 2 is 2.10 bits per heavy atom. The van der Waals surface area contributed by atoms with Crippen LogP contribution < -0.4 is 14.8 Å². The van der Waals surface area contributed by atoms with Crippen molar-refractivity contribution in [1.82, 2.24) is 10.0 Å². The molecule has 6 nitrogen and oxygen atoms in total. The maximum absolute atomic E-state index is 13.6. The Labute approximate surface area is 122 Å². The van der Waals surface area contributed by atoms with Gasteiger partial charge in [0.2, 0.25) is 15.9 Å². The average molecular weight is 316 g/mol. The van der Waals surface area contributed by atoms with Gasteiger partial charge < -0.3 is 10.1 Å². The molecule has 1 amide bonds. The highest BCUT2D eigenvalue weighted by Gasteiger charge is 2.43. The molecule has 0 bridgehead atoms. The van der Waals surface area contributed by atoms with Crippen molar-refractivity contribution >= 4 is 15.9 Å². The summed E-state index contributed by atoms with van der Waals surface area (Å²) in [6.45, 7) is 3.91. The smallest absolute Gasteiger partial charge is 0.241 e. The number of carbonyl (C=O) groups is 1. The van der Waals surface area contributed by atoms with Gasteiger partial charge in [-0.3, -0.25) is 4.79 Å². The minimum absolute atomic E-state index is 0.0483. The summed E-state index contributed by atoms with van der Waals surface area (Å²) in [6, 6.07) is 2.42. The maximum Gasteiger partial charge on any atom is 0.241 e. The van der Waals surface area contributed by atoms with Gasteiger partial charge in [-0.25, -0.2) is 12.8 Å². The van der Waals surface area contributed by atoms with Crippen LogP contribution in [-0.2, 0) is 14.8 Å². The third kappa shape index (κ3) is 3.01. The molecule has 0 radical (unpaired) electrons. The number of hydrogen-bond donors (Lipinski definition) is 2. The number of benzene rings is 1. The Balaban J connectivity index is 2.31. The van der Waals surface area contributed by atoms with Crippen molar-refractivity contribution in [3.63, 3.8) is 0 Å². The lowest BCUT2D eigenvalue weighted by molar-refractivity contribution is -0.121. The summed E-state index contributed by atoms with van der Waals surface area (Å²) in [7, 11) is -2.71. The van der Waals surface area contributed by atoms with Crippen molar-refractivity contribution in [2.45, 2.75) is 24.8 Å². The summed E-state index contributed by atoms with van der Waals surface area (Å²) < 4.78 is 45.2. The third-order valence-corrected chi connectivity index (χ3v) is 4.89. The summed E-state index contributed by atoms with van der Waals surface area (Å²) in [6.07, 6.45) is 0. The van der Waals surface area contributed by atoms with Crippen LogP contribution in [0.1, 0.15) is 13.8 Å². The fourth-order valence-electron chi connectivity index (χ4n) is 2.12. The number of halogens is 1. The van der Waals surface area contributed by atoms with Gasteiger partial charge in [0.15, 0.2) is 11.6 Å². The van der Waals surface area contributed by atoms with Crippen molar-refractivity contribution in [1.29, 1.82) is 0 Å². The van der Waals surface area contributed by atoms with Gasteiger partial charge in [0, 0.05) is 12.0 Å². The number of nitrogens with one attached hydrogen (secondary N) is 2. The molecule has 0 spiro atoms. The first kappa shape index (κ1) is 15.7. The van der Waals surface area contributed by atoms with Gasteiger partial charge in [0.25, 0.3) is 0 Å². The van der Waals surface area contributed by atoms with Crippen molar-refractivity contribution < 1.29 is 22.3 Å². The Bertz CT molecular complexity index is 673. The molecule has 1 unspecified atom stereocenters. The number of carbonyl (C=O) groups excluding carboxylic acids is 1. The van der Waals surface area contributed by atoms with E-state index >= 15 is 0 Å². The molecule has 0 aliphatic carbocycles. The molecule has 1 aromatic carbocycles. The van der Waals surface area contributed by atoms with Gasteiger partial charge in [-0.05, 0) is 18.2 Å². The largest absolute Gasteiger partial charge is 0.494 e. The molecule has 1 aliphatic rings. The lowest BCUT2D eigenvalue weighted by Crippen LogP contribution is -2.46. The van der Waals surface area contributed by atoms with Gasteiger partial charge in [0.1, 0.15) is 6.04 Å². The minimum atomic E-state index is -4.00. The van der Waals surface area contributed by atoms with E-state index in [1.165, 1.54) is 19.2 Å². The van der Waals surface area contributed by atoms with Crippen LogP contribution in [0.4, 0.5) is 4.39 Å². The molecule has 8 heteroatoms. The van der Waals surface area contributed by atoms with Crippen molar-refractivity contribution in [2.75, 3.05) is 13.7 Å². The lowest BCUT2D eigenvalue weighted by atomic mass is 9.88. The zero-order chi connectivity index (χ0) is 15.8. The first-order chi connectivity index (χ1) is 9.67. The minimum Gasteiger partial charge on any atom is -0.494 e. The third-order valence-electron chi connectivity index (χ3n) is 3.47. The predicted molar refractivity (Wildman–Crippen MR) is 73.9 cm³/mol. The number of hydrogen-bond acceptors (Lipinski definition) is 4. The van der Waals surface area contributed by atoms with Crippen LogP contribution in [0.5, 0.6) is 5.75 Å². The number of rotatable bonds is 4. The maximum atomic E-state index is 13.6. The predicted octanol–water partition coefficient (Wildman–Crippen LogP) is 0.637. The number of ether oxygens (including phenoxy) is 1. The Morgan fingerprint density at radius 3 is 2.57 bits per heavy atom. The van der Waals surface area contributed by atoms with Crippen LogP contribution in [0.2, 0.25) is 0 Å². The standard InChI is InChI=1S/C13H17FN2O4S/c1-13(2)7-15-12(17)11(13)16-21(18,19)8-4-5-10(20-3)9(14)6-8/h4-6,11,16H,7H2,1-3H3,(H,15,17). The lowest BCUT2D eigenvalue weighted by Gasteiger charge is -2.24. The SMILES string of the molecule is COc1ccc(S(=O)(=O)NC2C(=O)NCC2(C)C)cc1F. The molecule has 21 heavy (non-hydrogen) atoms. The molecule has 1 saturated heterocycles. The van der Waals surface area contributed by atoms with Crippen molar-refractivity contribution in [3.8, 4) is 5.75 Å². The van der Waals surface area contributed by atoms with E-state index in [0.29, 0.717) is 6.54 Å². The molecule has 2 N–H and O–H groups in total. The summed E-state index contributed by atoms with van der Waals surface area (Å²) in [5, 5.41) is 2.60. The van der Waals surface area contributed by atoms with Gasteiger partial charge in [0.05, 0.1) is 12.0 Å². The van der Waals surface area contributed by atoms with E-state index in [9.17, 15) is 17.6 Å². The van der Waals surface area contributed by atoms with Crippen molar-refractivity contribution in [3.05, 3.63) is 24.0 Å². The first-order valence-corrected chi connectivity index (χ1v) is 7.79. The van der Waals surface area contributed by atoms with E-state index in [2.05, 4.69) is 10.0 Å². The van der Waals surface area contributed by atoms with E-state index in [1.807, 2.05) is 0 Å². The molecule has 1 atom stereocenters. The van der Waals surface area contributed by atoms with Crippen LogP contribution in [-0.4, -0.2) is 34.0 Å². The molecular weight excluding hydrogens is 299 g/mol. The second kappa shape index (κ2) is 5.27. The Kier molecular flexibility index (Phi) is 3.94. The summed E-state index contributed by atoms with van der Waals surface area (Å²) in [5.74, 6) is -1.22. The molecule has 2 rings (SSSR count). The highest BCUT2D eigenvalue weighted by atomic mass is 32.2. The number of amides is 1. The Hall–Kier alpha value is -1.67. The van der Waals surface area contributed by atoms with E-state index < -0.39 is 33.2 Å².